The van der Waals surface area contributed by atoms with Crippen LogP contribution in [-0.2, 0) is 0 Å². The van der Waals surface area contributed by atoms with E-state index in [9.17, 15) is 4.79 Å². The summed E-state index contributed by atoms with van der Waals surface area (Å²) in [5, 5.41) is 6.65. The Bertz CT molecular complexity index is 431. The molecule has 0 bridgehead atoms. The lowest BCUT2D eigenvalue weighted by atomic mass is 10.1. The highest BCUT2D eigenvalue weighted by Gasteiger charge is 2.16. The first-order valence-corrected chi connectivity index (χ1v) is 6.41. The molecule has 18 heavy (non-hydrogen) atoms. The van der Waals surface area contributed by atoms with Gasteiger partial charge in [0.2, 0.25) is 0 Å². The van der Waals surface area contributed by atoms with E-state index in [1.807, 2.05) is 0 Å². The molecule has 1 aromatic carbocycles. The maximum atomic E-state index is 11.9. The smallest absolute Gasteiger partial charge is 0.251 e. The molecule has 2 rings (SSSR count). The van der Waals surface area contributed by atoms with Gasteiger partial charge in [-0.1, -0.05) is 11.6 Å². The van der Waals surface area contributed by atoms with Gasteiger partial charge in [-0.3, -0.25) is 4.79 Å². The minimum absolute atomic E-state index is 0.0912. The number of carbonyl (C=O) groups excluding carboxylic acids is 1. The van der Waals surface area contributed by atoms with Gasteiger partial charge in [0.05, 0.1) is 12.1 Å². The summed E-state index contributed by atoms with van der Waals surface area (Å²) in [6.07, 6.45) is 1.11. The topological polar surface area (TPSA) is 50.4 Å². The van der Waals surface area contributed by atoms with Gasteiger partial charge in [-0.2, -0.15) is 0 Å². The summed E-state index contributed by atoms with van der Waals surface area (Å²) in [4.78, 5) is 11.9. The Hall–Kier alpha value is -1.26. The summed E-state index contributed by atoms with van der Waals surface area (Å²) in [5.74, 6) is 1.02. The molecule has 98 valence electrons. The second-order valence-corrected chi connectivity index (χ2v) is 4.83. The maximum Gasteiger partial charge on any atom is 0.251 e. The summed E-state index contributed by atoms with van der Waals surface area (Å²) in [5.41, 5.74) is 0.562. The average Bonchev–Trinajstić information content (AvgIpc) is 2.89. The van der Waals surface area contributed by atoms with Gasteiger partial charge in [0.1, 0.15) is 5.75 Å². The van der Waals surface area contributed by atoms with Crippen LogP contribution in [0, 0.1) is 5.92 Å². The molecule has 1 aromatic rings. The number of hydrogen-bond acceptors (Lipinski definition) is 3. The Labute approximate surface area is 112 Å². The highest BCUT2D eigenvalue weighted by Crippen LogP contribution is 2.24. The van der Waals surface area contributed by atoms with Crippen molar-refractivity contribution in [3.63, 3.8) is 0 Å². The SMILES string of the molecule is COc1ccc(C(=O)NCC2CCNC2)cc1Cl. The average molecular weight is 269 g/mol. The molecule has 4 nitrogen and oxygen atoms in total. The zero-order valence-electron chi connectivity index (χ0n) is 10.3. The third kappa shape index (κ3) is 3.15. The largest absolute Gasteiger partial charge is 0.495 e. The minimum Gasteiger partial charge on any atom is -0.495 e. The van der Waals surface area contributed by atoms with Crippen LogP contribution in [0.2, 0.25) is 5.02 Å². The van der Waals surface area contributed by atoms with E-state index >= 15 is 0 Å². The molecule has 1 unspecified atom stereocenters. The van der Waals surface area contributed by atoms with Crippen molar-refractivity contribution in [2.24, 2.45) is 5.92 Å². The standard InChI is InChI=1S/C13H17ClN2O2/c1-18-12-3-2-10(6-11(12)14)13(17)16-8-9-4-5-15-7-9/h2-3,6,9,15H,4-5,7-8H2,1H3,(H,16,17). The van der Waals surface area contributed by atoms with Gasteiger partial charge >= 0.3 is 0 Å². The Morgan fingerprint density at radius 2 is 2.44 bits per heavy atom. The number of benzene rings is 1. The zero-order chi connectivity index (χ0) is 13.0. The second kappa shape index (κ2) is 6.07. The van der Waals surface area contributed by atoms with Crippen molar-refractivity contribution in [3.05, 3.63) is 28.8 Å². The number of nitrogens with one attached hydrogen (secondary N) is 2. The predicted octanol–water partition coefficient (Wildman–Crippen LogP) is 1.69. The van der Waals surface area contributed by atoms with E-state index in [2.05, 4.69) is 10.6 Å². The molecule has 1 aliphatic rings. The molecule has 1 fully saturated rings. The van der Waals surface area contributed by atoms with Gasteiger partial charge in [0, 0.05) is 12.1 Å². The lowest BCUT2D eigenvalue weighted by Crippen LogP contribution is -2.30. The Morgan fingerprint density at radius 1 is 1.61 bits per heavy atom. The lowest BCUT2D eigenvalue weighted by Gasteiger charge is -2.11. The van der Waals surface area contributed by atoms with Crippen molar-refractivity contribution in [2.75, 3.05) is 26.7 Å². The fourth-order valence-electron chi connectivity index (χ4n) is 2.04. The first kappa shape index (κ1) is 13.2. The number of amides is 1. The Morgan fingerprint density at radius 3 is 3.06 bits per heavy atom. The van der Waals surface area contributed by atoms with Gasteiger partial charge in [0.25, 0.3) is 5.91 Å². The quantitative estimate of drug-likeness (QED) is 0.874. The van der Waals surface area contributed by atoms with Crippen molar-refractivity contribution in [1.29, 1.82) is 0 Å². The molecule has 1 aliphatic heterocycles. The first-order valence-electron chi connectivity index (χ1n) is 6.03. The van der Waals surface area contributed by atoms with Gasteiger partial charge in [-0.25, -0.2) is 0 Å². The third-order valence-corrected chi connectivity index (χ3v) is 3.42. The fraction of sp³-hybridized carbons (Fsp3) is 0.462. The number of methoxy groups -OCH3 is 1. The third-order valence-electron chi connectivity index (χ3n) is 3.13. The minimum atomic E-state index is -0.0912. The molecule has 0 aromatic heterocycles. The van der Waals surface area contributed by atoms with E-state index in [1.165, 1.54) is 0 Å². The van der Waals surface area contributed by atoms with E-state index in [0.717, 1.165) is 19.5 Å². The molecule has 1 atom stereocenters. The van der Waals surface area contributed by atoms with Crippen LogP contribution >= 0.6 is 11.6 Å². The molecular formula is C13H17ClN2O2. The predicted molar refractivity (Wildman–Crippen MR) is 71.3 cm³/mol. The summed E-state index contributed by atoms with van der Waals surface area (Å²) < 4.78 is 5.05. The number of ether oxygens (including phenoxy) is 1. The molecule has 1 heterocycles. The van der Waals surface area contributed by atoms with Gasteiger partial charge < -0.3 is 15.4 Å². The highest BCUT2D eigenvalue weighted by atomic mass is 35.5. The van der Waals surface area contributed by atoms with Crippen LogP contribution in [0.25, 0.3) is 0 Å². The zero-order valence-corrected chi connectivity index (χ0v) is 11.1. The van der Waals surface area contributed by atoms with Crippen molar-refractivity contribution < 1.29 is 9.53 Å². The normalized spacial score (nSPS) is 18.7. The molecule has 1 amide bonds. The van der Waals surface area contributed by atoms with Crippen molar-refractivity contribution in [3.8, 4) is 5.75 Å². The van der Waals surface area contributed by atoms with Crippen LogP contribution in [0.4, 0.5) is 0 Å². The molecule has 0 saturated carbocycles. The van der Waals surface area contributed by atoms with E-state index in [0.29, 0.717) is 28.8 Å². The van der Waals surface area contributed by atoms with Crippen LogP contribution in [-0.4, -0.2) is 32.7 Å². The van der Waals surface area contributed by atoms with Crippen molar-refractivity contribution >= 4 is 17.5 Å². The summed E-state index contributed by atoms with van der Waals surface area (Å²) in [6.45, 7) is 2.72. The summed E-state index contributed by atoms with van der Waals surface area (Å²) >= 11 is 5.99. The van der Waals surface area contributed by atoms with Crippen LogP contribution in [0.1, 0.15) is 16.8 Å². The number of carbonyl (C=O) groups is 1. The van der Waals surface area contributed by atoms with Gasteiger partial charge in [0.15, 0.2) is 0 Å². The van der Waals surface area contributed by atoms with Gasteiger partial charge in [-0.15, -0.1) is 0 Å². The Balaban J connectivity index is 1.93. The van der Waals surface area contributed by atoms with E-state index < -0.39 is 0 Å². The van der Waals surface area contributed by atoms with Gasteiger partial charge in [-0.05, 0) is 43.6 Å². The maximum absolute atomic E-state index is 11.9. The highest BCUT2D eigenvalue weighted by molar-refractivity contribution is 6.32. The number of hydrogen-bond donors (Lipinski definition) is 2. The summed E-state index contributed by atoms with van der Waals surface area (Å²) in [6, 6.07) is 5.05. The number of halogens is 1. The molecular weight excluding hydrogens is 252 g/mol. The van der Waals surface area contributed by atoms with E-state index in [-0.39, 0.29) is 5.91 Å². The summed E-state index contributed by atoms with van der Waals surface area (Å²) in [7, 11) is 1.55. The van der Waals surface area contributed by atoms with Crippen molar-refractivity contribution in [2.45, 2.75) is 6.42 Å². The van der Waals surface area contributed by atoms with Crippen LogP contribution < -0.4 is 15.4 Å². The van der Waals surface area contributed by atoms with E-state index in [1.54, 1.807) is 25.3 Å². The monoisotopic (exact) mass is 268 g/mol. The van der Waals surface area contributed by atoms with Crippen LogP contribution in [0.15, 0.2) is 18.2 Å². The molecule has 0 aliphatic carbocycles. The fourth-order valence-corrected chi connectivity index (χ4v) is 2.29. The second-order valence-electron chi connectivity index (χ2n) is 4.42. The molecule has 0 radical (unpaired) electrons. The lowest BCUT2D eigenvalue weighted by molar-refractivity contribution is 0.0948. The van der Waals surface area contributed by atoms with Crippen LogP contribution in [0.3, 0.4) is 0 Å². The first-order chi connectivity index (χ1) is 8.70. The Kier molecular flexibility index (Phi) is 4.44. The molecule has 1 saturated heterocycles. The van der Waals surface area contributed by atoms with Crippen molar-refractivity contribution in [1.82, 2.24) is 10.6 Å². The molecule has 0 spiro atoms. The molecule has 5 heteroatoms. The van der Waals surface area contributed by atoms with Crippen LogP contribution in [0.5, 0.6) is 5.75 Å². The van der Waals surface area contributed by atoms with E-state index in [4.69, 9.17) is 16.3 Å². The number of rotatable bonds is 4. The molecule has 2 N–H and O–H groups in total.